The number of alkyl halides is 3. The average molecular weight is 589 g/mol. The Morgan fingerprint density at radius 3 is 2.56 bits per heavy atom. The Balaban J connectivity index is 1.74. The number of aliphatic carboxylic acids is 1. The van der Waals surface area contributed by atoms with E-state index < -0.39 is 47.9 Å². The van der Waals surface area contributed by atoms with Gasteiger partial charge in [0.25, 0.3) is 11.1 Å². The summed E-state index contributed by atoms with van der Waals surface area (Å²) in [5, 5.41) is 10.3. The van der Waals surface area contributed by atoms with E-state index in [0.29, 0.717) is 26.7 Å². The number of carbonyl (C=O) groups excluding carboxylic acids is 3. The predicted octanol–water partition coefficient (Wildman–Crippen LogP) is 4.61. The van der Waals surface area contributed by atoms with Gasteiger partial charge in [-0.1, -0.05) is 22.0 Å². The molecule has 0 aromatic heterocycles. The van der Waals surface area contributed by atoms with Gasteiger partial charge in [0.05, 0.1) is 17.6 Å². The number of imide groups is 1. The fourth-order valence-corrected chi connectivity index (χ4v) is 4.23. The first-order valence-electron chi connectivity index (χ1n) is 9.83. The van der Waals surface area contributed by atoms with E-state index in [9.17, 15) is 32.3 Å². The molecule has 3 amide bonds. The van der Waals surface area contributed by atoms with Gasteiger partial charge in [-0.05, 0) is 53.7 Å². The minimum atomic E-state index is -4.60. The van der Waals surface area contributed by atoms with Gasteiger partial charge in [0.1, 0.15) is 6.54 Å². The Bertz CT molecular complexity index is 1270. The fourth-order valence-electron chi connectivity index (χ4n) is 2.97. The van der Waals surface area contributed by atoms with Gasteiger partial charge < -0.3 is 19.9 Å². The van der Waals surface area contributed by atoms with Crippen LogP contribution in [0.25, 0.3) is 6.08 Å². The van der Waals surface area contributed by atoms with E-state index in [4.69, 9.17) is 14.6 Å². The number of nitrogens with zero attached hydrogens (tertiary/aromatic N) is 1. The number of nitrogens with one attached hydrogen (secondary N) is 1. The number of amides is 3. The number of carbonyl (C=O) groups is 4. The van der Waals surface area contributed by atoms with Crippen LogP contribution in [-0.2, 0) is 20.6 Å². The first-order valence-corrected chi connectivity index (χ1v) is 11.4. The molecule has 1 aliphatic rings. The monoisotopic (exact) mass is 588 g/mol. The number of halogens is 4. The van der Waals surface area contributed by atoms with Crippen molar-refractivity contribution in [3.8, 4) is 11.5 Å². The van der Waals surface area contributed by atoms with Crippen LogP contribution in [-0.4, -0.2) is 53.3 Å². The molecule has 2 aromatic rings. The number of hydrogen-bond acceptors (Lipinski definition) is 7. The molecular formula is C22H16BrF3N2O7S. The van der Waals surface area contributed by atoms with Crippen molar-refractivity contribution in [1.82, 2.24) is 4.90 Å². The molecule has 2 aromatic carbocycles. The lowest BCUT2D eigenvalue weighted by Crippen LogP contribution is -2.36. The topological polar surface area (TPSA) is 122 Å². The highest BCUT2D eigenvalue weighted by Gasteiger charge is 2.36. The first kappa shape index (κ1) is 27.1. The van der Waals surface area contributed by atoms with Crippen molar-refractivity contribution in [3.05, 3.63) is 56.9 Å². The van der Waals surface area contributed by atoms with Crippen molar-refractivity contribution in [2.45, 2.75) is 6.18 Å². The van der Waals surface area contributed by atoms with Crippen LogP contribution in [0.3, 0.4) is 0 Å². The second-order valence-corrected chi connectivity index (χ2v) is 8.95. The quantitative estimate of drug-likeness (QED) is 0.428. The summed E-state index contributed by atoms with van der Waals surface area (Å²) >= 11 is 3.85. The van der Waals surface area contributed by atoms with Crippen molar-refractivity contribution >= 4 is 62.5 Å². The lowest BCUT2D eigenvalue weighted by atomic mass is 10.2. The van der Waals surface area contributed by atoms with Gasteiger partial charge in [0, 0.05) is 10.2 Å². The van der Waals surface area contributed by atoms with Crippen LogP contribution < -0.4 is 14.8 Å². The van der Waals surface area contributed by atoms with Crippen LogP contribution in [0.5, 0.6) is 11.5 Å². The molecule has 1 fully saturated rings. The minimum Gasteiger partial charge on any atom is -0.493 e. The number of ether oxygens (including phenoxy) is 2. The summed E-state index contributed by atoms with van der Waals surface area (Å²) in [6.45, 7) is -1.31. The van der Waals surface area contributed by atoms with Gasteiger partial charge in [-0.2, -0.15) is 13.2 Å². The predicted molar refractivity (Wildman–Crippen MR) is 127 cm³/mol. The molecule has 14 heteroatoms. The number of carboxylic acids is 1. The summed E-state index contributed by atoms with van der Waals surface area (Å²) in [5.41, 5.74) is -0.707. The van der Waals surface area contributed by atoms with Crippen LogP contribution in [0, 0.1) is 0 Å². The van der Waals surface area contributed by atoms with Crippen LogP contribution in [0.1, 0.15) is 11.1 Å². The second-order valence-electron chi connectivity index (χ2n) is 7.10. The van der Waals surface area contributed by atoms with E-state index in [1.165, 1.54) is 31.4 Å². The second kappa shape index (κ2) is 11.0. The van der Waals surface area contributed by atoms with E-state index >= 15 is 0 Å². The Hall–Kier alpha value is -3.52. The van der Waals surface area contributed by atoms with Gasteiger partial charge in [-0.3, -0.25) is 19.3 Å². The fraction of sp³-hybridized carbons (Fsp3) is 0.182. The van der Waals surface area contributed by atoms with E-state index in [2.05, 4.69) is 21.2 Å². The molecule has 2 N–H and O–H groups in total. The SMILES string of the molecule is COc1cc(/C=C2\SC(=O)N(CC(=O)Nc3cccc(C(F)(F)F)c3)C2=O)c(Br)cc1OCC(=O)O. The smallest absolute Gasteiger partial charge is 0.416 e. The summed E-state index contributed by atoms with van der Waals surface area (Å²) in [6.07, 6.45) is -3.24. The largest absolute Gasteiger partial charge is 0.493 e. The van der Waals surface area contributed by atoms with E-state index in [-0.39, 0.29) is 22.1 Å². The van der Waals surface area contributed by atoms with E-state index in [1.807, 2.05) is 0 Å². The maximum absolute atomic E-state index is 12.9. The van der Waals surface area contributed by atoms with Gasteiger partial charge in [0.15, 0.2) is 18.1 Å². The molecule has 190 valence electrons. The zero-order valence-electron chi connectivity index (χ0n) is 18.2. The van der Waals surface area contributed by atoms with Crippen molar-refractivity contribution in [1.29, 1.82) is 0 Å². The number of carboxylic acid groups (broad SMARTS) is 1. The van der Waals surface area contributed by atoms with Crippen LogP contribution >= 0.6 is 27.7 Å². The van der Waals surface area contributed by atoms with Crippen LogP contribution in [0.2, 0.25) is 0 Å². The summed E-state index contributed by atoms with van der Waals surface area (Å²) in [7, 11) is 1.33. The molecule has 0 spiro atoms. The summed E-state index contributed by atoms with van der Waals surface area (Å²) < 4.78 is 49.3. The first-order chi connectivity index (χ1) is 16.9. The van der Waals surface area contributed by atoms with Crippen molar-refractivity contribution in [2.75, 3.05) is 25.6 Å². The number of benzene rings is 2. The van der Waals surface area contributed by atoms with Gasteiger partial charge in [-0.15, -0.1) is 0 Å². The molecule has 1 aliphatic heterocycles. The minimum absolute atomic E-state index is 0.0196. The molecule has 0 aliphatic carbocycles. The maximum Gasteiger partial charge on any atom is 0.416 e. The molecule has 0 unspecified atom stereocenters. The molecule has 0 saturated carbocycles. The summed E-state index contributed by atoms with van der Waals surface area (Å²) in [5.74, 6) is -2.53. The Morgan fingerprint density at radius 1 is 1.19 bits per heavy atom. The number of hydrogen-bond donors (Lipinski definition) is 2. The third-order valence-electron chi connectivity index (χ3n) is 4.57. The number of rotatable bonds is 8. The van der Waals surface area contributed by atoms with Gasteiger partial charge >= 0.3 is 12.1 Å². The molecule has 0 bridgehead atoms. The lowest BCUT2D eigenvalue weighted by molar-refractivity contribution is -0.139. The molecule has 1 heterocycles. The number of anilines is 1. The molecule has 9 nitrogen and oxygen atoms in total. The molecule has 1 saturated heterocycles. The summed E-state index contributed by atoms with van der Waals surface area (Å²) in [4.78, 5) is 48.8. The van der Waals surface area contributed by atoms with Crippen molar-refractivity contribution in [3.63, 3.8) is 0 Å². The Morgan fingerprint density at radius 2 is 1.92 bits per heavy atom. The normalized spacial score (nSPS) is 14.8. The van der Waals surface area contributed by atoms with Crippen LogP contribution in [0.15, 0.2) is 45.8 Å². The van der Waals surface area contributed by atoms with Gasteiger partial charge in [-0.25, -0.2) is 4.79 Å². The highest BCUT2D eigenvalue weighted by Crippen LogP contribution is 2.38. The van der Waals surface area contributed by atoms with Crippen LogP contribution in [0.4, 0.5) is 23.7 Å². The van der Waals surface area contributed by atoms with Gasteiger partial charge in [0.2, 0.25) is 5.91 Å². The Kier molecular flexibility index (Phi) is 8.30. The average Bonchev–Trinajstić information content (AvgIpc) is 3.05. The highest BCUT2D eigenvalue weighted by atomic mass is 79.9. The standard InChI is InChI=1S/C22H16BrF3N2O7S/c1-34-15-5-11(14(23)8-16(15)35-10-19(30)31)6-17-20(32)28(21(33)36-17)9-18(29)27-13-4-2-3-12(7-13)22(24,25)26/h2-8H,9-10H2,1H3,(H,27,29)(H,30,31)/b17-6-. The number of thioether (sulfide) groups is 1. The number of methoxy groups -OCH3 is 1. The third kappa shape index (κ3) is 6.57. The molecular weight excluding hydrogens is 573 g/mol. The maximum atomic E-state index is 12.9. The lowest BCUT2D eigenvalue weighted by Gasteiger charge is -2.14. The molecule has 36 heavy (non-hydrogen) atoms. The molecule has 0 radical (unpaired) electrons. The van der Waals surface area contributed by atoms with Crippen molar-refractivity contribution in [2.24, 2.45) is 0 Å². The highest BCUT2D eigenvalue weighted by molar-refractivity contribution is 9.10. The molecule has 0 atom stereocenters. The third-order valence-corrected chi connectivity index (χ3v) is 6.16. The Labute approximate surface area is 214 Å². The zero-order valence-corrected chi connectivity index (χ0v) is 20.6. The zero-order chi connectivity index (χ0) is 26.6. The van der Waals surface area contributed by atoms with E-state index in [1.54, 1.807) is 0 Å². The van der Waals surface area contributed by atoms with E-state index in [0.717, 1.165) is 18.2 Å². The summed E-state index contributed by atoms with van der Waals surface area (Å²) in [6, 6.07) is 6.83. The molecule has 3 rings (SSSR count). The van der Waals surface area contributed by atoms with Crippen molar-refractivity contribution < 1.29 is 46.9 Å².